The fourth-order valence-corrected chi connectivity index (χ4v) is 4.00. The summed E-state index contributed by atoms with van der Waals surface area (Å²) in [5.74, 6) is -0.0361. The fraction of sp³-hybridized carbons (Fsp3) is 0.409. The summed E-state index contributed by atoms with van der Waals surface area (Å²) in [7, 11) is 3.18. The SMILES string of the molecule is COCCN1CC[C@@H](NC(=O)Nc2ccc(Br)cc2)[C@H](c2ccc(OC)cc2F)C1. The Hall–Kier alpha value is -2.16. The molecule has 8 heteroatoms. The van der Waals surface area contributed by atoms with E-state index < -0.39 is 0 Å². The summed E-state index contributed by atoms with van der Waals surface area (Å²) >= 11 is 3.38. The Labute approximate surface area is 184 Å². The van der Waals surface area contributed by atoms with E-state index in [0.29, 0.717) is 36.6 Å². The van der Waals surface area contributed by atoms with E-state index in [2.05, 4.69) is 31.5 Å². The lowest BCUT2D eigenvalue weighted by Gasteiger charge is -2.39. The van der Waals surface area contributed by atoms with Crippen molar-refractivity contribution in [3.05, 3.63) is 58.3 Å². The first-order valence-corrected chi connectivity index (χ1v) is 10.7. The summed E-state index contributed by atoms with van der Waals surface area (Å²) in [6, 6.07) is 11.8. The molecule has 2 N–H and O–H groups in total. The first-order valence-electron chi connectivity index (χ1n) is 9.88. The molecule has 0 saturated carbocycles. The minimum absolute atomic E-state index is 0.183. The van der Waals surface area contributed by atoms with Gasteiger partial charge >= 0.3 is 6.03 Å². The summed E-state index contributed by atoms with van der Waals surface area (Å²) in [4.78, 5) is 14.8. The monoisotopic (exact) mass is 479 g/mol. The van der Waals surface area contributed by atoms with E-state index in [0.717, 1.165) is 17.6 Å². The molecule has 2 aromatic carbocycles. The third kappa shape index (κ3) is 5.93. The van der Waals surface area contributed by atoms with Gasteiger partial charge in [-0.15, -0.1) is 0 Å². The number of anilines is 1. The van der Waals surface area contributed by atoms with Gasteiger partial charge in [0.15, 0.2) is 0 Å². The van der Waals surface area contributed by atoms with Crippen molar-refractivity contribution in [3.8, 4) is 5.75 Å². The van der Waals surface area contributed by atoms with Gasteiger partial charge in [-0.25, -0.2) is 9.18 Å². The lowest BCUT2D eigenvalue weighted by molar-refractivity contribution is 0.117. The minimum Gasteiger partial charge on any atom is -0.497 e. The van der Waals surface area contributed by atoms with E-state index in [4.69, 9.17) is 9.47 Å². The van der Waals surface area contributed by atoms with Crippen LogP contribution >= 0.6 is 15.9 Å². The molecule has 3 rings (SSSR count). The number of benzene rings is 2. The molecular weight excluding hydrogens is 453 g/mol. The average Bonchev–Trinajstić information content (AvgIpc) is 2.74. The lowest BCUT2D eigenvalue weighted by Crippen LogP contribution is -2.51. The predicted molar refractivity (Wildman–Crippen MR) is 119 cm³/mol. The van der Waals surface area contributed by atoms with Crippen LogP contribution in [-0.4, -0.2) is 57.4 Å². The molecule has 2 amide bonds. The van der Waals surface area contributed by atoms with Crippen molar-refractivity contribution in [3.63, 3.8) is 0 Å². The van der Waals surface area contributed by atoms with Crippen LogP contribution in [0, 0.1) is 5.82 Å². The van der Waals surface area contributed by atoms with Crippen LogP contribution in [0.25, 0.3) is 0 Å². The molecule has 1 fully saturated rings. The molecule has 1 aliphatic heterocycles. The molecule has 2 atom stereocenters. The van der Waals surface area contributed by atoms with Crippen molar-refractivity contribution < 1.29 is 18.7 Å². The Bertz CT molecular complexity index is 850. The summed E-state index contributed by atoms with van der Waals surface area (Å²) in [5, 5.41) is 5.89. The number of methoxy groups -OCH3 is 2. The minimum atomic E-state index is -0.326. The molecule has 0 aromatic heterocycles. The molecule has 0 spiro atoms. The third-order valence-corrected chi connectivity index (χ3v) is 5.86. The third-order valence-electron chi connectivity index (χ3n) is 5.33. The number of hydrogen-bond donors (Lipinski definition) is 2. The van der Waals surface area contributed by atoms with Gasteiger partial charge in [0.1, 0.15) is 11.6 Å². The van der Waals surface area contributed by atoms with Crippen molar-refractivity contribution in [2.45, 2.75) is 18.4 Å². The van der Waals surface area contributed by atoms with Gasteiger partial charge < -0.3 is 25.0 Å². The fourth-order valence-electron chi connectivity index (χ4n) is 3.74. The van der Waals surface area contributed by atoms with Gasteiger partial charge in [0.25, 0.3) is 0 Å². The maximum absolute atomic E-state index is 14.8. The maximum Gasteiger partial charge on any atom is 0.319 e. The van der Waals surface area contributed by atoms with Crippen LogP contribution in [0.15, 0.2) is 46.9 Å². The zero-order chi connectivity index (χ0) is 21.5. The van der Waals surface area contributed by atoms with Crippen molar-refractivity contribution >= 4 is 27.6 Å². The highest BCUT2D eigenvalue weighted by atomic mass is 79.9. The smallest absolute Gasteiger partial charge is 0.319 e. The zero-order valence-corrected chi connectivity index (χ0v) is 18.7. The Balaban J connectivity index is 1.74. The summed E-state index contributed by atoms with van der Waals surface area (Å²) in [6.07, 6.45) is 0.716. The van der Waals surface area contributed by atoms with Gasteiger partial charge in [0.2, 0.25) is 0 Å². The molecule has 0 aliphatic carbocycles. The van der Waals surface area contributed by atoms with E-state index in [9.17, 15) is 9.18 Å². The van der Waals surface area contributed by atoms with Gasteiger partial charge in [-0.1, -0.05) is 22.0 Å². The average molecular weight is 480 g/mol. The van der Waals surface area contributed by atoms with Gasteiger partial charge in [-0.3, -0.25) is 0 Å². The van der Waals surface area contributed by atoms with E-state index in [-0.39, 0.29) is 23.8 Å². The molecule has 0 bridgehead atoms. The van der Waals surface area contributed by atoms with Gasteiger partial charge in [-0.05, 0) is 42.3 Å². The molecule has 2 aromatic rings. The highest BCUT2D eigenvalue weighted by Gasteiger charge is 2.33. The number of hydrogen-bond acceptors (Lipinski definition) is 4. The van der Waals surface area contributed by atoms with Gasteiger partial charge in [0, 0.05) is 54.9 Å². The molecular formula is C22H27BrFN3O3. The standard InChI is InChI=1S/C22H27BrFN3O3/c1-29-12-11-27-10-9-21(26-22(28)25-16-5-3-15(23)4-6-16)19(14-27)18-8-7-17(30-2)13-20(18)24/h3-8,13,19,21H,9-12,14H2,1-2H3,(H2,25,26,28)/t19-,21+/m0/s1. The second-order valence-corrected chi connectivity index (χ2v) is 8.20. The molecule has 30 heavy (non-hydrogen) atoms. The number of amides is 2. The molecule has 162 valence electrons. The number of nitrogens with one attached hydrogen (secondary N) is 2. The molecule has 1 heterocycles. The Morgan fingerprint density at radius 3 is 2.67 bits per heavy atom. The molecule has 1 aliphatic rings. The quantitative estimate of drug-likeness (QED) is 0.623. The number of ether oxygens (including phenoxy) is 2. The maximum atomic E-state index is 14.8. The van der Waals surface area contributed by atoms with Crippen molar-refractivity contribution in [2.24, 2.45) is 0 Å². The van der Waals surface area contributed by atoms with Gasteiger partial charge in [-0.2, -0.15) is 0 Å². The number of carbonyl (C=O) groups is 1. The van der Waals surface area contributed by atoms with Crippen molar-refractivity contribution in [1.82, 2.24) is 10.2 Å². The number of nitrogens with zero attached hydrogens (tertiary/aromatic N) is 1. The zero-order valence-electron chi connectivity index (χ0n) is 17.2. The number of carbonyl (C=O) groups excluding carboxylic acids is 1. The van der Waals surface area contributed by atoms with Crippen LogP contribution in [-0.2, 0) is 4.74 Å². The van der Waals surface area contributed by atoms with Crippen LogP contribution in [0.5, 0.6) is 5.75 Å². The number of halogens is 2. The van der Waals surface area contributed by atoms with Gasteiger partial charge in [0.05, 0.1) is 13.7 Å². The van der Waals surface area contributed by atoms with E-state index >= 15 is 0 Å². The summed E-state index contributed by atoms with van der Waals surface area (Å²) in [6.45, 7) is 2.82. The van der Waals surface area contributed by atoms with Crippen LogP contribution in [0.4, 0.5) is 14.9 Å². The van der Waals surface area contributed by atoms with E-state index in [1.807, 2.05) is 24.3 Å². The largest absolute Gasteiger partial charge is 0.497 e. The van der Waals surface area contributed by atoms with Crippen LogP contribution < -0.4 is 15.4 Å². The number of rotatable bonds is 7. The highest BCUT2D eigenvalue weighted by molar-refractivity contribution is 9.10. The second-order valence-electron chi connectivity index (χ2n) is 7.29. The summed E-state index contributed by atoms with van der Waals surface area (Å²) < 4.78 is 26.1. The lowest BCUT2D eigenvalue weighted by atomic mass is 9.85. The van der Waals surface area contributed by atoms with Crippen LogP contribution in [0.1, 0.15) is 17.9 Å². The summed E-state index contributed by atoms with van der Waals surface area (Å²) in [5.41, 5.74) is 1.27. The molecule has 0 unspecified atom stereocenters. The first-order chi connectivity index (χ1) is 14.5. The Morgan fingerprint density at radius 1 is 1.23 bits per heavy atom. The van der Waals surface area contributed by atoms with Crippen LogP contribution in [0.3, 0.4) is 0 Å². The topological polar surface area (TPSA) is 62.8 Å². The first kappa shape index (κ1) is 22.5. The predicted octanol–water partition coefficient (Wildman–Crippen LogP) is 4.22. The Morgan fingerprint density at radius 2 is 2.00 bits per heavy atom. The van der Waals surface area contributed by atoms with Crippen molar-refractivity contribution in [2.75, 3.05) is 45.8 Å². The molecule has 6 nitrogen and oxygen atoms in total. The molecule has 0 radical (unpaired) electrons. The normalized spacial score (nSPS) is 19.3. The molecule has 1 saturated heterocycles. The number of urea groups is 1. The van der Waals surface area contributed by atoms with Crippen LogP contribution in [0.2, 0.25) is 0 Å². The van der Waals surface area contributed by atoms with E-state index in [1.165, 1.54) is 13.2 Å². The second kappa shape index (κ2) is 10.7. The number of piperidine rings is 1. The highest BCUT2D eigenvalue weighted by Crippen LogP contribution is 2.31. The van der Waals surface area contributed by atoms with Crippen molar-refractivity contribution in [1.29, 1.82) is 0 Å². The number of likely N-dealkylation sites (tertiary alicyclic amines) is 1. The Kier molecular flexibility index (Phi) is 8.07. The van der Waals surface area contributed by atoms with E-state index in [1.54, 1.807) is 19.2 Å².